The Morgan fingerprint density at radius 3 is 2.50 bits per heavy atom. The van der Waals surface area contributed by atoms with Crippen LogP contribution in [0.2, 0.25) is 0 Å². The highest BCUT2D eigenvalue weighted by Gasteiger charge is 2.12. The molecule has 0 aromatic heterocycles. The number of nitro benzene ring substituents is 1. The second-order valence-electron chi connectivity index (χ2n) is 3.11. The average molecular weight is 214 g/mol. The first-order valence-corrected chi connectivity index (χ1v) is 4.48. The smallest absolute Gasteiger partial charge is 0.258 e. The van der Waals surface area contributed by atoms with E-state index in [9.17, 15) is 14.9 Å². The lowest BCUT2D eigenvalue weighted by atomic mass is 10.1. The second kappa shape index (κ2) is 3.92. The third kappa shape index (κ3) is 1.55. The van der Waals surface area contributed by atoms with Crippen LogP contribution in [0.5, 0.6) is 0 Å². The first-order chi connectivity index (χ1) is 7.74. The molecular formula is C11H6N2O3. The quantitative estimate of drug-likeness (QED) is 0.334. The molecule has 5 heteroatoms. The van der Waals surface area contributed by atoms with Crippen molar-refractivity contribution in [2.24, 2.45) is 4.99 Å². The van der Waals surface area contributed by atoms with Crippen molar-refractivity contribution in [1.82, 2.24) is 0 Å². The summed E-state index contributed by atoms with van der Waals surface area (Å²) in [5.74, 6) is 0. The zero-order chi connectivity index (χ0) is 11.5. The fraction of sp³-hybridized carbons (Fsp3) is 0. The Kier molecular flexibility index (Phi) is 2.45. The Morgan fingerprint density at radius 2 is 1.81 bits per heavy atom. The summed E-state index contributed by atoms with van der Waals surface area (Å²) in [4.78, 5) is 24.0. The van der Waals surface area contributed by atoms with E-state index in [1.807, 2.05) is 0 Å². The zero-order valence-electron chi connectivity index (χ0n) is 8.08. The van der Waals surface area contributed by atoms with Crippen LogP contribution in [0.3, 0.4) is 0 Å². The van der Waals surface area contributed by atoms with Gasteiger partial charge in [0.2, 0.25) is 6.08 Å². The predicted molar refractivity (Wildman–Crippen MR) is 58.4 cm³/mol. The van der Waals surface area contributed by atoms with Gasteiger partial charge in [-0.15, -0.1) is 0 Å². The maximum atomic E-state index is 10.8. The van der Waals surface area contributed by atoms with Crippen LogP contribution in [0.1, 0.15) is 0 Å². The van der Waals surface area contributed by atoms with Crippen LogP contribution < -0.4 is 0 Å². The Bertz CT molecular complexity index is 574. The number of hydrogen-bond acceptors (Lipinski definition) is 4. The molecule has 0 spiro atoms. The Balaban J connectivity index is 2.86. The van der Waals surface area contributed by atoms with Crippen LogP contribution in [0.4, 0.5) is 11.4 Å². The minimum atomic E-state index is -0.462. The van der Waals surface area contributed by atoms with Crippen molar-refractivity contribution in [2.45, 2.75) is 0 Å². The number of benzene rings is 2. The van der Waals surface area contributed by atoms with E-state index in [1.54, 1.807) is 30.3 Å². The summed E-state index contributed by atoms with van der Waals surface area (Å²) >= 11 is 0. The van der Waals surface area contributed by atoms with Gasteiger partial charge in [-0.05, 0) is 12.1 Å². The van der Waals surface area contributed by atoms with E-state index in [2.05, 4.69) is 4.99 Å². The fourth-order valence-electron chi connectivity index (χ4n) is 1.58. The Morgan fingerprint density at radius 1 is 1.12 bits per heavy atom. The molecule has 16 heavy (non-hydrogen) atoms. The van der Waals surface area contributed by atoms with E-state index < -0.39 is 4.92 Å². The molecular weight excluding hydrogens is 208 g/mol. The highest BCUT2D eigenvalue weighted by molar-refractivity contribution is 5.98. The van der Waals surface area contributed by atoms with Crippen molar-refractivity contribution in [3.63, 3.8) is 0 Å². The van der Waals surface area contributed by atoms with Gasteiger partial charge < -0.3 is 0 Å². The molecule has 0 aliphatic heterocycles. The van der Waals surface area contributed by atoms with E-state index in [4.69, 9.17) is 0 Å². The lowest BCUT2D eigenvalue weighted by Crippen LogP contribution is -1.88. The second-order valence-corrected chi connectivity index (χ2v) is 3.11. The van der Waals surface area contributed by atoms with Crippen LogP contribution in [-0.4, -0.2) is 11.0 Å². The first kappa shape index (κ1) is 10.0. The van der Waals surface area contributed by atoms with Crippen molar-refractivity contribution in [3.05, 3.63) is 46.5 Å². The maximum absolute atomic E-state index is 10.8. The van der Waals surface area contributed by atoms with E-state index in [0.29, 0.717) is 16.5 Å². The maximum Gasteiger partial charge on any atom is 0.277 e. The van der Waals surface area contributed by atoms with E-state index in [0.717, 1.165) is 0 Å². The molecule has 5 nitrogen and oxygen atoms in total. The minimum absolute atomic E-state index is 0.000416. The molecule has 0 amide bonds. The average Bonchev–Trinajstić information content (AvgIpc) is 2.29. The molecule has 0 unspecified atom stereocenters. The van der Waals surface area contributed by atoms with E-state index >= 15 is 0 Å². The largest absolute Gasteiger partial charge is 0.277 e. The van der Waals surface area contributed by atoms with E-state index in [-0.39, 0.29) is 5.69 Å². The molecule has 0 saturated carbocycles. The summed E-state index contributed by atoms with van der Waals surface area (Å²) in [6.07, 6.45) is 1.43. The third-order valence-corrected chi connectivity index (χ3v) is 2.24. The van der Waals surface area contributed by atoms with Crippen LogP contribution in [0.25, 0.3) is 10.8 Å². The number of nitrogens with zero attached hydrogens (tertiary/aromatic N) is 2. The van der Waals surface area contributed by atoms with Crippen LogP contribution in [0, 0.1) is 10.1 Å². The summed E-state index contributed by atoms with van der Waals surface area (Å²) in [5, 5.41) is 11.8. The molecule has 2 aromatic carbocycles. The van der Waals surface area contributed by atoms with Crippen molar-refractivity contribution in [2.75, 3.05) is 0 Å². The van der Waals surface area contributed by atoms with Crippen molar-refractivity contribution < 1.29 is 9.72 Å². The molecule has 0 N–H and O–H groups in total. The molecule has 0 radical (unpaired) electrons. The number of aliphatic imine (C=N–C) groups is 1. The monoisotopic (exact) mass is 214 g/mol. The molecule has 78 valence electrons. The highest BCUT2D eigenvalue weighted by atomic mass is 16.6. The number of fused-ring (bicyclic) bond motifs is 1. The van der Waals surface area contributed by atoms with Crippen molar-refractivity contribution >= 4 is 28.2 Å². The molecule has 0 aliphatic rings. The third-order valence-electron chi connectivity index (χ3n) is 2.24. The zero-order valence-corrected chi connectivity index (χ0v) is 8.08. The van der Waals surface area contributed by atoms with Gasteiger partial charge in [-0.25, -0.2) is 4.79 Å². The van der Waals surface area contributed by atoms with Crippen LogP contribution >= 0.6 is 0 Å². The summed E-state index contributed by atoms with van der Waals surface area (Å²) < 4.78 is 0. The molecule has 2 rings (SSSR count). The molecule has 2 aromatic rings. The van der Waals surface area contributed by atoms with Gasteiger partial charge >= 0.3 is 0 Å². The minimum Gasteiger partial charge on any atom is -0.258 e. The van der Waals surface area contributed by atoms with Gasteiger partial charge in [0.1, 0.15) is 0 Å². The van der Waals surface area contributed by atoms with Gasteiger partial charge in [0, 0.05) is 11.5 Å². The number of carbonyl (C=O) groups excluding carboxylic acids is 1. The molecule has 0 fully saturated rings. The van der Waals surface area contributed by atoms with Gasteiger partial charge in [-0.3, -0.25) is 10.1 Å². The molecule has 0 heterocycles. The summed E-state index contributed by atoms with van der Waals surface area (Å²) in [7, 11) is 0. The molecule has 0 aliphatic carbocycles. The SMILES string of the molecule is O=C=Nc1cccc2c([N+](=O)[O-])cccc12. The summed E-state index contributed by atoms with van der Waals surface area (Å²) in [6.45, 7) is 0. The summed E-state index contributed by atoms with van der Waals surface area (Å²) in [5.41, 5.74) is 0.386. The highest BCUT2D eigenvalue weighted by Crippen LogP contribution is 2.31. The van der Waals surface area contributed by atoms with Gasteiger partial charge in [-0.2, -0.15) is 4.99 Å². The lowest BCUT2D eigenvalue weighted by Gasteiger charge is -2.00. The van der Waals surface area contributed by atoms with Gasteiger partial charge in [0.25, 0.3) is 5.69 Å². The number of hydrogen-bond donors (Lipinski definition) is 0. The number of rotatable bonds is 2. The summed E-state index contributed by atoms with van der Waals surface area (Å²) in [6, 6.07) is 9.50. The van der Waals surface area contributed by atoms with Crippen molar-refractivity contribution in [3.8, 4) is 0 Å². The Hall–Kier alpha value is -2.52. The van der Waals surface area contributed by atoms with Gasteiger partial charge in [0.05, 0.1) is 16.0 Å². The lowest BCUT2D eigenvalue weighted by molar-refractivity contribution is -0.383. The van der Waals surface area contributed by atoms with E-state index in [1.165, 1.54) is 12.1 Å². The van der Waals surface area contributed by atoms with Gasteiger partial charge in [0.15, 0.2) is 0 Å². The first-order valence-electron chi connectivity index (χ1n) is 4.48. The number of non-ortho nitro benzene ring substituents is 1. The fourth-order valence-corrected chi connectivity index (χ4v) is 1.58. The van der Waals surface area contributed by atoms with Crippen LogP contribution in [-0.2, 0) is 4.79 Å². The molecule has 0 atom stereocenters. The van der Waals surface area contributed by atoms with Crippen LogP contribution in [0.15, 0.2) is 41.4 Å². The molecule has 0 saturated heterocycles. The Labute approximate surface area is 90.2 Å². The normalized spacial score (nSPS) is 9.75. The van der Waals surface area contributed by atoms with Crippen molar-refractivity contribution in [1.29, 1.82) is 0 Å². The predicted octanol–water partition coefficient (Wildman–Crippen LogP) is 2.72. The standard InChI is InChI=1S/C11H6N2O3/c14-7-12-10-5-1-4-9-8(10)3-2-6-11(9)13(15)16/h1-6H. The number of nitro groups is 1. The molecule has 0 bridgehead atoms. The van der Waals surface area contributed by atoms with Gasteiger partial charge in [-0.1, -0.05) is 18.2 Å². The topological polar surface area (TPSA) is 72.6 Å². The number of isocyanates is 1.